The molecular weight excluding hydrogens is 664 g/mol. The number of hydrogen-bond acceptors (Lipinski definition) is 9. The first kappa shape index (κ1) is 32.1. The molecule has 5 rings (SSSR count). The zero-order chi connectivity index (χ0) is 31.2. The molecule has 12 nitrogen and oxygen atoms in total. The van der Waals surface area contributed by atoms with Crippen molar-refractivity contribution in [3.63, 3.8) is 0 Å². The number of nitrogens with zero attached hydrogens (tertiary/aromatic N) is 1. The Bertz CT molecular complexity index is 1530. The Hall–Kier alpha value is -2.33. The number of rotatable bonds is 6. The van der Waals surface area contributed by atoms with Crippen LogP contribution in [0.15, 0.2) is 45.8 Å². The number of carbonyl (C=O) groups excluding carboxylic acids is 3. The Morgan fingerprint density at radius 1 is 1.12 bits per heavy atom. The van der Waals surface area contributed by atoms with Gasteiger partial charge in [-0.3, -0.25) is 23.3 Å². The molecule has 2 heterocycles. The Morgan fingerprint density at radius 2 is 1.81 bits per heavy atom. The molecule has 1 aromatic rings. The van der Waals surface area contributed by atoms with Crippen LogP contribution in [0.2, 0.25) is 0 Å². The lowest BCUT2D eigenvalue weighted by Gasteiger charge is -2.28. The van der Waals surface area contributed by atoms with Gasteiger partial charge in [0.15, 0.2) is 0 Å². The molecule has 5 atom stereocenters. The molecule has 2 aliphatic carbocycles. The number of sulfonamides is 1. The third-order valence-electron chi connectivity index (χ3n) is 8.88. The number of hydrogen-bond donors (Lipinski definition) is 3. The molecule has 1 aromatic carbocycles. The SMILES string of the molecule is CC1(S(=O)(=O)NC(=O)[C@@]23CC2/C=C\CCCCC[C@H](N)C(=O)N2C[C@@H](OS(=O)(=O)c4ccc(Br)cc4)C[C@H]2C(=O)N3)CC1. The van der Waals surface area contributed by atoms with E-state index in [1.165, 1.54) is 17.0 Å². The second-order valence-corrected chi connectivity index (χ2v) is 16.9. The Kier molecular flexibility index (Phi) is 8.86. The smallest absolute Gasteiger partial charge is 0.297 e. The fourth-order valence-corrected chi connectivity index (χ4v) is 8.32. The summed E-state index contributed by atoms with van der Waals surface area (Å²) in [5.41, 5.74) is 4.71. The predicted octanol–water partition coefficient (Wildman–Crippen LogP) is 1.84. The van der Waals surface area contributed by atoms with Gasteiger partial charge in [-0.05, 0) is 69.7 Å². The number of fused-ring (bicyclic) bond motifs is 2. The molecule has 0 bridgehead atoms. The minimum atomic E-state index is -4.23. The monoisotopic (exact) mass is 700 g/mol. The fourth-order valence-electron chi connectivity index (χ4n) is 5.66. The number of amides is 3. The first-order valence-corrected chi connectivity index (χ1v) is 18.2. The number of nitrogens with two attached hydrogens (primary N) is 1. The van der Waals surface area contributed by atoms with Crippen LogP contribution in [0.5, 0.6) is 0 Å². The van der Waals surface area contributed by atoms with E-state index in [9.17, 15) is 31.2 Å². The third kappa shape index (κ3) is 6.70. The molecule has 2 aliphatic heterocycles. The van der Waals surface area contributed by atoms with E-state index in [0.29, 0.717) is 30.2 Å². The molecule has 0 spiro atoms. The highest BCUT2D eigenvalue weighted by molar-refractivity contribution is 9.10. The van der Waals surface area contributed by atoms with E-state index >= 15 is 0 Å². The summed E-state index contributed by atoms with van der Waals surface area (Å²) in [6, 6.07) is 3.77. The van der Waals surface area contributed by atoms with Crippen molar-refractivity contribution in [3.8, 4) is 0 Å². The second-order valence-electron chi connectivity index (χ2n) is 12.2. The van der Waals surface area contributed by atoms with Crippen molar-refractivity contribution in [2.24, 2.45) is 11.7 Å². The Morgan fingerprint density at radius 3 is 2.49 bits per heavy atom. The van der Waals surface area contributed by atoms with Crippen molar-refractivity contribution in [2.45, 2.75) is 98.1 Å². The maximum atomic E-state index is 13.8. The van der Waals surface area contributed by atoms with E-state index in [1.54, 1.807) is 19.1 Å². The summed E-state index contributed by atoms with van der Waals surface area (Å²) >= 11 is 3.26. The van der Waals surface area contributed by atoms with Crippen molar-refractivity contribution >= 4 is 53.8 Å². The maximum absolute atomic E-state index is 13.8. The van der Waals surface area contributed by atoms with E-state index in [4.69, 9.17) is 9.92 Å². The minimum Gasteiger partial charge on any atom is -0.339 e. The van der Waals surface area contributed by atoms with Crippen molar-refractivity contribution in [3.05, 3.63) is 40.9 Å². The van der Waals surface area contributed by atoms with Crippen LogP contribution in [-0.4, -0.2) is 74.5 Å². The highest BCUT2D eigenvalue weighted by Crippen LogP contribution is 2.47. The quantitative estimate of drug-likeness (QED) is 0.295. The van der Waals surface area contributed by atoms with Crippen LogP contribution in [0, 0.1) is 5.92 Å². The molecule has 1 unspecified atom stereocenters. The molecule has 0 aromatic heterocycles. The molecule has 3 fully saturated rings. The van der Waals surface area contributed by atoms with Gasteiger partial charge in [0.2, 0.25) is 21.8 Å². The lowest BCUT2D eigenvalue weighted by molar-refractivity contribution is -0.140. The highest BCUT2D eigenvalue weighted by atomic mass is 79.9. The van der Waals surface area contributed by atoms with Gasteiger partial charge < -0.3 is 16.0 Å². The van der Waals surface area contributed by atoms with E-state index in [1.807, 2.05) is 12.2 Å². The molecular formula is C28H37BrN4O8S2. The summed E-state index contributed by atoms with van der Waals surface area (Å²) in [4.78, 5) is 41.9. The lowest BCUT2D eigenvalue weighted by Crippen LogP contribution is -2.58. The number of benzene rings is 1. The second kappa shape index (κ2) is 11.9. The summed E-state index contributed by atoms with van der Waals surface area (Å²) in [5.74, 6) is -2.49. The largest absolute Gasteiger partial charge is 0.339 e. The summed E-state index contributed by atoms with van der Waals surface area (Å²) in [6.07, 6.45) is 7.05. The molecule has 0 radical (unpaired) electrons. The summed E-state index contributed by atoms with van der Waals surface area (Å²) in [6.45, 7) is 1.36. The van der Waals surface area contributed by atoms with E-state index in [2.05, 4.69) is 26.0 Å². The predicted molar refractivity (Wildman–Crippen MR) is 160 cm³/mol. The highest BCUT2D eigenvalue weighted by Gasteiger charge is 2.63. The summed E-state index contributed by atoms with van der Waals surface area (Å²) in [7, 11) is -8.20. The normalized spacial score (nSPS) is 31.9. The van der Waals surface area contributed by atoms with Gasteiger partial charge in [0, 0.05) is 23.4 Å². The maximum Gasteiger partial charge on any atom is 0.297 e. The molecule has 4 aliphatic rings. The molecule has 3 amide bonds. The van der Waals surface area contributed by atoms with E-state index < -0.39 is 72.3 Å². The average Bonchev–Trinajstić information content (AvgIpc) is 3.82. The van der Waals surface area contributed by atoms with Crippen LogP contribution in [0.4, 0.5) is 0 Å². The van der Waals surface area contributed by atoms with E-state index in [0.717, 1.165) is 19.3 Å². The van der Waals surface area contributed by atoms with Crippen LogP contribution >= 0.6 is 15.9 Å². The number of carbonyl (C=O) groups is 3. The van der Waals surface area contributed by atoms with Crippen molar-refractivity contribution in [2.75, 3.05) is 6.54 Å². The zero-order valence-corrected chi connectivity index (χ0v) is 27.0. The average molecular weight is 702 g/mol. The number of allylic oxidation sites excluding steroid dienone is 1. The van der Waals surface area contributed by atoms with Gasteiger partial charge in [0.1, 0.15) is 11.6 Å². The summed E-state index contributed by atoms with van der Waals surface area (Å²) < 4.78 is 59.1. The molecule has 15 heteroatoms. The van der Waals surface area contributed by atoms with Gasteiger partial charge in [0.05, 0.1) is 21.8 Å². The molecule has 236 valence electrons. The topological polar surface area (TPSA) is 182 Å². The van der Waals surface area contributed by atoms with Gasteiger partial charge in [-0.2, -0.15) is 8.42 Å². The van der Waals surface area contributed by atoms with Gasteiger partial charge >= 0.3 is 0 Å². The summed E-state index contributed by atoms with van der Waals surface area (Å²) in [5, 5.41) is 2.75. The Balaban J connectivity index is 1.41. The van der Waals surface area contributed by atoms with Gasteiger partial charge in [0.25, 0.3) is 16.0 Å². The van der Waals surface area contributed by atoms with Crippen LogP contribution in [0.25, 0.3) is 0 Å². The molecule has 43 heavy (non-hydrogen) atoms. The van der Waals surface area contributed by atoms with Crippen LogP contribution in [0.3, 0.4) is 0 Å². The van der Waals surface area contributed by atoms with Crippen LogP contribution in [-0.2, 0) is 38.7 Å². The van der Waals surface area contributed by atoms with Crippen molar-refractivity contribution in [1.82, 2.24) is 14.9 Å². The number of nitrogens with one attached hydrogen (secondary N) is 2. The van der Waals surface area contributed by atoms with Crippen LogP contribution in [0.1, 0.15) is 64.7 Å². The van der Waals surface area contributed by atoms with Gasteiger partial charge in [-0.15, -0.1) is 0 Å². The first-order valence-electron chi connectivity index (χ1n) is 14.5. The third-order valence-corrected chi connectivity index (χ3v) is 12.9. The first-order chi connectivity index (χ1) is 20.2. The fraction of sp³-hybridized carbons (Fsp3) is 0.607. The molecule has 2 saturated carbocycles. The van der Waals surface area contributed by atoms with Gasteiger partial charge in [-0.1, -0.05) is 40.9 Å². The minimum absolute atomic E-state index is 0.0820. The van der Waals surface area contributed by atoms with Gasteiger partial charge in [-0.25, -0.2) is 8.42 Å². The molecule has 1 saturated heterocycles. The zero-order valence-electron chi connectivity index (χ0n) is 23.8. The lowest BCUT2D eigenvalue weighted by atomic mass is 10.1. The molecule has 4 N–H and O–H groups in total. The van der Waals surface area contributed by atoms with Crippen molar-refractivity contribution in [1.29, 1.82) is 0 Å². The van der Waals surface area contributed by atoms with Crippen molar-refractivity contribution < 1.29 is 35.4 Å². The standard InChI is InChI=1S/C28H37BrN4O8S2/c1-27(13-14-27)43(39,40)32-26(36)28-16-18(28)7-5-3-2-4-6-8-22(30)25(35)33-17-20(15-23(33)24(34)31-28)41-42(37,38)21-11-9-19(29)10-12-21/h5,7,9-12,18,20,22-23H,2-4,6,8,13-17,30H2,1H3,(H,31,34)(H,32,36)/b7-5-/t18?,20-,22-,23-,28+/m0/s1. The van der Waals surface area contributed by atoms with E-state index in [-0.39, 0.29) is 24.3 Å². The van der Waals surface area contributed by atoms with Crippen LogP contribution < -0.4 is 15.8 Å². The number of halogens is 1. The Labute approximate surface area is 260 Å².